The number of esters is 1. The Morgan fingerprint density at radius 1 is 1.07 bits per heavy atom. The number of amides is 1. The number of methoxy groups -OCH3 is 1. The number of hydrogen-bond acceptors (Lipinski definition) is 6. The summed E-state index contributed by atoms with van der Waals surface area (Å²) in [6.45, 7) is -0.0745. The minimum absolute atomic E-state index is 0.0745. The molecule has 0 bridgehead atoms. The molecule has 3 aromatic rings. The van der Waals surface area contributed by atoms with Crippen molar-refractivity contribution in [1.29, 1.82) is 0 Å². The van der Waals surface area contributed by atoms with Gasteiger partial charge in [-0.05, 0) is 12.1 Å². The van der Waals surface area contributed by atoms with Gasteiger partial charge in [0.15, 0.2) is 12.4 Å². The van der Waals surface area contributed by atoms with E-state index in [9.17, 15) is 9.59 Å². The molecule has 0 unspecified atom stereocenters. The summed E-state index contributed by atoms with van der Waals surface area (Å²) in [5.74, 6) is -0.167. The van der Waals surface area contributed by atoms with Gasteiger partial charge in [-0.1, -0.05) is 47.6 Å². The SMILES string of the molecule is COC(=O)N(C)c1ccccc1C(=O)OCc1cc(-c2ccccc2)no1. The third kappa shape index (κ3) is 4.14. The van der Waals surface area contributed by atoms with Crippen molar-refractivity contribution in [2.24, 2.45) is 0 Å². The van der Waals surface area contributed by atoms with Crippen LogP contribution in [0.2, 0.25) is 0 Å². The molecule has 0 aliphatic heterocycles. The summed E-state index contributed by atoms with van der Waals surface area (Å²) in [5, 5.41) is 3.98. The fourth-order valence-corrected chi connectivity index (χ4v) is 2.51. The van der Waals surface area contributed by atoms with Gasteiger partial charge < -0.3 is 14.0 Å². The van der Waals surface area contributed by atoms with Crippen LogP contribution in [0.3, 0.4) is 0 Å². The highest BCUT2D eigenvalue weighted by molar-refractivity contribution is 6.00. The van der Waals surface area contributed by atoms with Crippen LogP contribution in [-0.2, 0) is 16.1 Å². The molecule has 0 atom stereocenters. The van der Waals surface area contributed by atoms with E-state index in [1.165, 1.54) is 19.1 Å². The maximum atomic E-state index is 12.5. The lowest BCUT2D eigenvalue weighted by Crippen LogP contribution is -2.27. The molecular weight excluding hydrogens is 348 g/mol. The Kier molecular flexibility index (Phi) is 5.51. The topological polar surface area (TPSA) is 81.9 Å². The summed E-state index contributed by atoms with van der Waals surface area (Å²) >= 11 is 0. The van der Waals surface area contributed by atoms with E-state index >= 15 is 0 Å². The van der Waals surface area contributed by atoms with E-state index in [4.69, 9.17) is 9.26 Å². The van der Waals surface area contributed by atoms with Crippen molar-refractivity contribution in [3.05, 3.63) is 72.0 Å². The number of para-hydroxylation sites is 1. The van der Waals surface area contributed by atoms with Crippen LogP contribution in [-0.4, -0.2) is 31.4 Å². The summed E-state index contributed by atoms with van der Waals surface area (Å²) in [6, 6.07) is 17.9. The van der Waals surface area contributed by atoms with E-state index in [0.29, 0.717) is 17.1 Å². The van der Waals surface area contributed by atoms with E-state index in [0.717, 1.165) is 5.56 Å². The first-order chi connectivity index (χ1) is 13.1. The second-order valence-electron chi connectivity index (χ2n) is 5.67. The Labute approximate surface area is 156 Å². The predicted octanol–water partition coefficient (Wildman–Crippen LogP) is 3.90. The highest BCUT2D eigenvalue weighted by Crippen LogP contribution is 2.22. The number of carbonyl (C=O) groups is 2. The molecule has 0 radical (unpaired) electrons. The highest BCUT2D eigenvalue weighted by atomic mass is 16.6. The summed E-state index contributed by atoms with van der Waals surface area (Å²) in [7, 11) is 2.79. The second kappa shape index (κ2) is 8.18. The molecule has 138 valence electrons. The lowest BCUT2D eigenvalue weighted by atomic mass is 10.1. The van der Waals surface area contributed by atoms with Gasteiger partial charge in [0.05, 0.1) is 18.4 Å². The number of carbonyl (C=O) groups excluding carboxylic acids is 2. The van der Waals surface area contributed by atoms with E-state index in [1.807, 2.05) is 30.3 Å². The third-order valence-electron chi connectivity index (χ3n) is 3.91. The smallest absolute Gasteiger partial charge is 0.413 e. The molecule has 7 nitrogen and oxygen atoms in total. The monoisotopic (exact) mass is 366 g/mol. The normalized spacial score (nSPS) is 10.3. The van der Waals surface area contributed by atoms with Gasteiger partial charge in [0.2, 0.25) is 0 Å². The number of anilines is 1. The average molecular weight is 366 g/mol. The number of rotatable bonds is 5. The molecule has 3 rings (SSSR count). The van der Waals surface area contributed by atoms with Gasteiger partial charge in [-0.3, -0.25) is 4.90 Å². The highest BCUT2D eigenvalue weighted by Gasteiger charge is 2.20. The van der Waals surface area contributed by atoms with E-state index in [2.05, 4.69) is 9.89 Å². The molecule has 0 aliphatic carbocycles. The Bertz CT molecular complexity index is 936. The standard InChI is InChI=1S/C20H18N2O5/c1-22(20(24)25-2)18-11-7-6-10-16(18)19(23)26-13-15-12-17(21-27-15)14-8-4-3-5-9-14/h3-12H,13H2,1-2H3. The molecule has 0 aliphatic rings. The minimum atomic E-state index is -0.585. The first kappa shape index (κ1) is 18.2. The molecule has 1 aromatic heterocycles. The van der Waals surface area contributed by atoms with Gasteiger partial charge in [0.25, 0.3) is 0 Å². The van der Waals surface area contributed by atoms with Gasteiger partial charge in [0.1, 0.15) is 5.69 Å². The van der Waals surface area contributed by atoms with Crippen molar-refractivity contribution in [2.45, 2.75) is 6.61 Å². The van der Waals surface area contributed by atoms with E-state index in [1.54, 1.807) is 30.3 Å². The van der Waals surface area contributed by atoms with E-state index < -0.39 is 12.1 Å². The Morgan fingerprint density at radius 3 is 2.52 bits per heavy atom. The van der Waals surface area contributed by atoms with Crippen LogP contribution in [0.1, 0.15) is 16.1 Å². The van der Waals surface area contributed by atoms with Gasteiger partial charge in [-0.2, -0.15) is 0 Å². The van der Waals surface area contributed by atoms with Crippen molar-refractivity contribution in [3.63, 3.8) is 0 Å². The van der Waals surface area contributed by atoms with Crippen LogP contribution < -0.4 is 4.90 Å². The first-order valence-electron chi connectivity index (χ1n) is 8.19. The first-order valence-corrected chi connectivity index (χ1v) is 8.19. The quantitative estimate of drug-likeness (QED) is 0.637. The molecule has 2 aromatic carbocycles. The van der Waals surface area contributed by atoms with Gasteiger partial charge in [-0.15, -0.1) is 0 Å². The molecule has 0 saturated heterocycles. The Morgan fingerprint density at radius 2 is 1.78 bits per heavy atom. The van der Waals surface area contributed by atoms with Crippen LogP contribution in [0.5, 0.6) is 0 Å². The zero-order chi connectivity index (χ0) is 19.2. The molecule has 0 N–H and O–H groups in total. The maximum absolute atomic E-state index is 12.5. The fourth-order valence-electron chi connectivity index (χ4n) is 2.51. The Hall–Kier alpha value is -3.61. The number of hydrogen-bond donors (Lipinski definition) is 0. The van der Waals surface area contributed by atoms with Crippen LogP contribution >= 0.6 is 0 Å². The molecule has 0 fully saturated rings. The number of benzene rings is 2. The zero-order valence-electron chi connectivity index (χ0n) is 14.9. The molecule has 1 amide bonds. The number of ether oxygens (including phenoxy) is 2. The van der Waals surface area contributed by atoms with Gasteiger partial charge >= 0.3 is 12.1 Å². The van der Waals surface area contributed by atoms with Crippen LogP contribution in [0, 0.1) is 0 Å². The van der Waals surface area contributed by atoms with Crippen molar-refractivity contribution >= 4 is 17.7 Å². The van der Waals surface area contributed by atoms with Crippen molar-refractivity contribution < 1.29 is 23.6 Å². The van der Waals surface area contributed by atoms with Crippen molar-refractivity contribution in [2.75, 3.05) is 19.1 Å². The summed E-state index contributed by atoms with van der Waals surface area (Å²) in [5.41, 5.74) is 2.20. The van der Waals surface area contributed by atoms with Crippen LogP contribution in [0.15, 0.2) is 65.2 Å². The molecule has 1 heterocycles. The number of aromatic nitrogens is 1. The predicted molar refractivity (Wildman–Crippen MR) is 98.3 cm³/mol. The van der Waals surface area contributed by atoms with Gasteiger partial charge in [0, 0.05) is 18.7 Å². The van der Waals surface area contributed by atoms with Crippen LogP contribution in [0.4, 0.5) is 10.5 Å². The van der Waals surface area contributed by atoms with Crippen molar-refractivity contribution in [1.82, 2.24) is 5.16 Å². The Balaban J connectivity index is 1.70. The largest absolute Gasteiger partial charge is 0.454 e. The number of nitrogens with zero attached hydrogens (tertiary/aromatic N) is 2. The zero-order valence-corrected chi connectivity index (χ0v) is 14.9. The van der Waals surface area contributed by atoms with Crippen molar-refractivity contribution in [3.8, 4) is 11.3 Å². The summed E-state index contributed by atoms with van der Waals surface area (Å²) in [6.07, 6.45) is -0.585. The van der Waals surface area contributed by atoms with E-state index in [-0.39, 0.29) is 12.2 Å². The summed E-state index contributed by atoms with van der Waals surface area (Å²) < 4.78 is 15.2. The fraction of sp³-hybridized carbons (Fsp3) is 0.150. The molecule has 7 heteroatoms. The summed E-state index contributed by atoms with van der Waals surface area (Å²) in [4.78, 5) is 25.4. The second-order valence-corrected chi connectivity index (χ2v) is 5.67. The van der Waals surface area contributed by atoms with Gasteiger partial charge in [-0.25, -0.2) is 9.59 Å². The lowest BCUT2D eigenvalue weighted by Gasteiger charge is -2.18. The molecular formula is C20H18N2O5. The average Bonchev–Trinajstić information content (AvgIpc) is 3.20. The lowest BCUT2D eigenvalue weighted by molar-refractivity contribution is 0.0438. The minimum Gasteiger partial charge on any atom is -0.454 e. The molecule has 0 spiro atoms. The third-order valence-corrected chi connectivity index (χ3v) is 3.91. The maximum Gasteiger partial charge on any atom is 0.413 e. The molecule has 0 saturated carbocycles. The van der Waals surface area contributed by atoms with Crippen LogP contribution in [0.25, 0.3) is 11.3 Å². The molecule has 27 heavy (non-hydrogen) atoms.